The van der Waals surface area contributed by atoms with Crippen molar-refractivity contribution in [2.24, 2.45) is 29.1 Å². The molecule has 3 saturated carbocycles. The zero-order chi connectivity index (χ0) is 12.9. The molecule has 3 aliphatic carbocycles. The summed E-state index contributed by atoms with van der Waals surface area (Å²) >= 11 is 0. The van der Waals surface area contributed by atoms with Gasteiger partial charge in [0.25, 0.3) is 0 Å². The van der Waals surface area contributed by atoms with Crippen molar-refractivity contribution in [2.45, 2.75) is 38.7 Å². The van der Waals surface area contributed by atoms with E-state index in [1.165, 1.54) is 12.5 Å². The summed E-state index contributed by atoms with van der Waals surface area (Å²) in [4.78, 5) is 11.1. The first kappa shape index (κ1) is 12.2. The molecule has 3 nitrogen and oxygen atoms in total. The van der Waals surface area contributed by atoms with Crippen LogP contribution < -0.4 is 0 Å². The Kier molecular flexibility index (Phi) is 2.77. The fourth-order valence-electron chi connectivity index (χ4n) is 4.98. The number of rotatable bonds is 3. The van der Waals surface area contributed by atoms with Gasteiger partial charge in [0.2, 0.25) is 0 Å². The summed E-state index contributed by atoms with van der Waals surface area (Å²) in [5.74, 6) is 2.06. The van der Waals surface area contributed by atoms with Crippen LogP contribution in [0.4, 0.5) is 0 Å². The monoisotopic (exact) mass is 250 g/mol. The summed E-state index contributed by atoms with van der Waals surface area (Å²) in [5, 5.41) is 10.1. The number of aliphatic hydroxyl groups is 1. The van der Waals surface area contributed by atoms with Gasteiger partial charge in [-0.2, -0.15) is 0 Å². The average molecular weight is 250 g/mol. The van der Waals surface area contributed by atoms with Gasteiger partial charge in [0, 0.05) is 6.08 Å². The molecule has 6 atom stereocenters. The molecule has 0 aromatic heterocycles. The number of esters is 1. The zero-order valence-electron chi connectivity index (χ0n) is 11.0. The van der Waals surface area contributed by atoms with Gasteiger partial charge in [0.1, 0.15) is 0 Å². The standard InChI is InChI=1S/C15H22O3/c1-3-14(17)18-8-9-4-10-11-6-15(2,7-13(11)16)12(10)5-9/h3,9-13,16H,1,4-8H2,2H3. The molecule has 100 valence electrons. The molecule has 0 radical (unpaired) electrons. The van der Waals surface area contributed by atoms with Crippen LogP contribution in [-0.4, -0.2) is 23.8 Å². The molecule has 2 bridgehead atoms. The van der Waals surface area contributed by atoms with E-state index in [1.54, 1.807) is 0 Å². The quantitative estimate of drug-likeness (QED) is 0.616. The molecule has 6 unspecified atom stereocenters. The smallest absolute Gasteiger partial charge is 0.330 e. The Morgan fingerprint density at radius 1 is 1.44 bits per heavy atom. The van der Waals surface area contributed by atoms with Crippen molar-refractivity contribution in [2.75, 3.05) is 6.61 Å². The Morgan fingerprint density at radius 3 is 2.94 bits per heavy atom. The molecule has 0 spiro atoms. The molecule has 3 heteroatoms. The van der Waals surface area contributed by atoms with Crippen molar-refractivity contribution in [1.82, 2.24) is 0 Å². The molecule has 3 fully saturated rings. The van der Waals surface area contributed by atoms with Crippen LogP contribution in [0.3, 0.4) is 0 Å². The maximum absolute atomic E-state index is 11.1. The molecule has 0 saturated heterocycles. The second-order valence-electron chi connectivity index (χ2n) is 6.74. The van der Waals surface area contributed by atoms with Gasteiger partial charge in [-0.1, -0.05) is 13.5 Å². The molecule has 0 aromatic rings. The summed E-state index contributed by atoms with van der Waals surface area (Å²) in [7, 11) is 0. The van der Waals surface area contributed by atoms with E-state index in [0.717, 1.165) is 25.2 Å². The lowest BCUT2D eigenvalue weighted by atomic mass is 9.72. The topological polar surface area (TPSA) is 46.5 Å². The van der Waals surface area contributed by atoms with Gasteiger partial charge in [0.15, 0.2) is 0 Å². The zero-order valence-corrected chi connectivity index (χ0v) is 11.0. The minimum atomic E-state index is -0.318. The van der Waals surface area contributed by atoms with Gasteiger partial charge in [0.05, 0.1) is 12.7 Å². The Labute approximate surface area is 108 Å². The van der Waals surface area contributed by atoms with Crippen LogP contribution in [0.2, 0.25) is 0 Å². The first-order valence-corrected chi connectivity index (χ1v) is 7.01. The molecule has 3 aliphatic rings. The predicted molar refractivity (Wildman–Crippen MR) is 67.7 cm³/mol. The fourth-order valence-corrected chi connectivity index (χ4v) is 4.98. The van der Waals surface area contributed by atoms with E-state index in [1.807, 2.05) is 0 Å². The first-order valence-electron chi connectivity index (χ1n) is 7.01. The number of hydrogen-bond donors (Lipinski definition) is 1. The average Bonchev–Trinajstić information content (AvgIpc) is 2.94. The van der Waals surface area contributed by atoms with Gasteiger partial charge in [-0.3, -0.25) is 0 Å². The minimum Gasteiger partial charge on any atom is -0.462 e. The molecular weight excluding hydrogens is 228 g/mol. The Balaban J connectivity index is 1.62. The molecule has 3 rings (SSSR count). The third-order valence-electron chi connectivity index (χ3n) is 5.65. The lowest BCUT2D eigenvalue weighted by Gasteiger charge is -2.34. The lowest BCUT2D eigenvalue weighted by Crippen LogP contribution is -2.32. The maximum atomic E-state index is 11.1. The second kappa shape index (κ2) is 4.09. The highest BCUT2D eigenvalue weighted by Crippen LogP contribution is 2.66. The third-order valence-corrected chi connectivity index (χ3v) is 5.65. The van der Waals surface area contributed by atoms with Crippen LogP contribution in [0, 0.1) is 29.1 Å². The van der Waals surface area contributed by atoms with Crippen LogP contribution in [-0.2, 0) is 9.53 Å². The Hall–Kier alpha value is -0.830. The highest BCUT2D eigenvalue weighted by molar-refractivity contribution is 5.81. The number of hydrogen-bond acceptors (Lipinski definition) is 3. The van der Waals surface area contributed by atoms with Crippen molar-refractivity contribution < 1.29 is 14.6 Å². The lowest BCUT2D eigenvalue weighted by molar-refractivity contribution is -0.139. The predicted octanol–water partition coefficient (Wildman–Crippen LogP) is 2.15. The Morgan fingerprint density at radius 2 is 2.22 bits per heavy atom. The van der Waals surface area contributed by atoms with E-state index in [-0.39, 0.29) is 12.1 Å². The number of aliphatic hydroxyl groups excluding tert-OH is 1. The van der Waals surface area contributed by atoms with E-state index >= 15 is 0 Å². The minimum absolute atomic E-state index is 0.0919. The van der Waals surface area contributed by atoms with E-state index < -0.39 is 0 Å². The van der Waals surface area contributed by atoms with Gasteiger partial charge in [-0.25, -0.2) is 4.79 Å². The van der Waals surface area contributed by atoms with Crippen molar-refractivity contribution in [3.05, 3.63) is 12.7 Å². The summed E-state index contributed by atoms with van der Waals surface area (Å²) < 4.78 is 5.17. The maximum Gasteiger partial charge on any atom is 0.330 e. The fraction of sp³-hybridized carbons (Fsp3) is 0.800. The summed E-state index contributed by atoms with van der Waals surface area (Å²) in [6.07, 6.45) is 5.58. The summed E-state index contributed by atoms with van der Waals surface area (Å²) in [6, 6.07) is 0. The van der Waals surface area contributed by atoms with E-state index in [9.17, 15) is 9.90 Å². The third kappa shape index (κ3) is 1.71. The normalized spacial score (nSPS) is 49.1. The molecule has 1 N–H and O–H groups in total. The van der Waals surface area contributed by atoms with Crippen LogP contribution in [0.25, 0.3) is 0 Å². The van der Waals surface area contributed by atoms with Crippen molar-refractivity contribution in [3.63, 3.8) is 0 Å². The largest absolute Gasteiger partial charge is 0.462 e. The van der Waals surface area contributed by atoms with E-state index in [4.69, 9.17) is 4.74 Å². The number of ether oxygens (including phenoxy) is 1. The number of carbonyl (C=O) groups is 1. The molecule has 0 heterocycles. The number of carbonyl (C=O) groups excluding carboxylic acids is 1. The van der Waals surface area contributed by atoms with E-state index in [2.05, 4.69) is 13.5 Å². The number of fused-ring (bicyclic) bond motifs is 5. The van der Waals surface area contributed by atoms with Crippen LogP contribution >= 0.6 is 0 Å². The van der Waals surface area contributed by atoms with Crippen molar-refractivity contribution >= 4 is 5.97 Å². The van der Waals surface area contributed by atoms with Crippen LogP contribution in [0.5, 0.6) is 0 Å². The molecule has 0 aromatic carbocycles. The molecule has 0 amide bonds. The highest BCUT2D eigenvalue weighted by atomic mass is 16.5. The highest BCUT2D eigenvalue weighted by Gasteiger charge is 2.61. The van der Waals surface area contributed by atoms with Crippen LogP contribution in [0.1, 0.15) is 32.6 Å². The van der Waals surface area contributed by atoms with E-state index in [0.29, 0.717) is 29.8 Å². The summed E-state index contributed by atoms with van der Waals surface area (Å²) in [6.45, 7) is 6.27. The van der Waals surface area contributed by atoms with Crippen LogP contribution in [0.15, 0.2) is 12.7 Å². The molecule has 0 aliphatic heterocycles. The Bertz CT molecular complexity index is 378. The van der Waals surface area contributed by atoms with Gasteiger partial charge in [-0.15, -0.1) is 0 Å². The molecule has 18 heavy (non-hydrogen) atoms. The van der Waals surface area contributed by atoms with Crippen molar-refractivity contribution in [1.29, 1.82) is 0 Å². The first-order chi connectivity index (χ1) is 8.53. The second-order valence-corrected chi connectivity index (χ2v) is 6.74. The van der Waals surface area contributed by atoms with Gasteiger partial charge in [-0.05, 0) is 54.8 Å². The molecular formula is C15H22O3. The van der Waals surface area contributed by atoms with Gasteiger partial charge >= 0.3 is 5.97 Å². The summed E-state index contributed by atoms with van der Waals surface area (Å²) in [5.41, 5.74) is 0.339. The van der Waals surface area contributed by atoms with Crippen molar-refractivity contribution in [3.8, 4) is 0 Å². The SMILES string of the molecule is C=CC(=O)OCC1CC2C3CC(C)(CC3O)C2C1. The van der Waals surface area contributed by atoms with Gasteiger partial charge < -0.3 is 9.84 Å².